The summed E-state index contributed by atoms with van der Waals surface area (Å²) in [4.78, 5) is 4.34. The van der Waals surface area contributed by atoms with E-state index in [-0.39, 0.29) is 0 Å². The lowest BCUT2D eigenvalue weighted by Crippen LogP contribution is -2.06. The summed E-state index contributed by atoms with van der Waals surface area (Å²) in [6.07, 6.45) is 4.01. The van der Waals surface area contributed by atoms with E-state index in [0.29, 0.717) is 0 Å². The van der Waals surface area contributed by atoms with Crippen molar-refractivity contribution in [2.75, 3.05) is 18.4 Å². The number of fused-ring (bicyclic) bond motifs is 1. The molecule has 2 aromatic rings. The largest absolute Gasteiger partial charge is 0.370 e. The zero-order chi connectivity index (χ0) is 10.5. The molecule has 0 atom stereocenters. The molecule has 0 spiro atoms. The smallest absolute Gasteiger partial charge is 0.134 e. The third-order valence-corrected chi connectivity index (χ3v) is 3.19. The topological polar surface area (TPSA) is 50.9 Å². The Bertz CT molecular complexity index is 424. The highest BCUT2D eigenvalue weighted by molar-refractivity contribution is 7.17. The van der Waals surface area contributed by atoms with Gasteiger partial charge in [0.15, 0.2) is 0 Å². The van der Waals surface area contributed by atoms with Crippen LogP contribution < -0.4 is 11.1 Å². The number of rotatable bonds is 5. The van der Waals surface area contributed by atoms with Crippen molar-refractivity contribution in [3.8, 4) is 0 Å². The molecule has 15 heavy (non-hydrogen) atoms. The summed E-state index contributed by atoms with van der Waals surface area (Å²) >= 11 is 1.75. The average Bonchev–Trinajstić information content (AvgIpc) is 2.73. The fourth-order valence-electron chi connectivity index (χ4n) is 1.51. The van der Waals surface area contributed by atoms with E-state index >= 15 is 0 Å². The van der Waals surface area contributed by atoms with E-state index < -0.39 is 0 Å². The third kappa shape index (κ3) is 2.46. The maximum atomic E-state index is 5.44. The molecule has 0 saturated carbocycles. The van der Waals surface area contributed by atoms with Crippen LogP contribution in [-0.2, 0) is 0 Å². The van der Waals surface area contributed by atoms with Crippen LogP contribution in [0.1, 0.15) is 12.8 Å². The van der Waals surface area contributed by atoms with E-state index in [1.54, 1.807) is 11.3 Å². The summed E-state index contributed by atoms with van der Waals surface area (Å²) in [6, 6.07) is 4.16. The normalized spacial score (nSPS) is 10.7. The zero-order valence-electron chi connectivity index (χ0n) is 8.57. The molecule has 0 aliphatic heterocycles. The molecule has 4 heteroatoms. The van der Waals surface area contributed by atoms with Gasteiger partial charge in [0.25, 0.3) is 0 Å². The van der Waals surface area contributed by atoms with Crippen LogP contribution in [0.5, 0.6) is 0 Å². The number of nitrogens with one attached hydrogen (secondary N) is 1. The molecular weight excluding hydrogens is 206 g/mol. The van der Waals surface area contributed by atoms with Crippen LogP contribution in [0.4, 0.5) is 5.82 Å². The summed E-state index contributed by atoms with van der Waals surface area (Å²) in [7, 11) is 0. The highest BCUT2D eigenvalue weighted by Gasteiger charge is 2.01. The molecule has 0 unspecified atom stereocenters. The summed E-state index contributed by atoms with van der Waals surface area (Å²) in [5, 5.41) is 6.66. The molecule has 0 amide bonds. The first-order chi connectivity index (χ1) is 7.42. The van der Waals surface area contributed by atoms with Gasteiger partial charge in [0.1, 0.15) is 5.82 Å². The number of aromatic nitrogens is 1. The molecule has 2 heterocycles. The van der Waals surface area contributed by atoms with Crippen LogP contribution >= 0.6 is 11.3 Å². The molecule has 0 radical (unpaired) electrons. The number of thiophene rings is 1. The molecule has 0 aliphatic carbocycles. The van der Waals surface area contributed by atoms with E-state index in [9.17, 15) is 0 Å². The van der Waals surface area contributed by atoms with Crippen molar-refractivity contribution in [3.05, 3.63) is 23.7 Å². The van der Waals surface area contributed by atoms with Crippen LogP contribution in [-0.4, -0.2) is 18.1 Å². The summed E-state index contributed by atoms with van der Waals surface area (Å²) in [6.45, 7) is 1.71. The Labute approximate surface area is 93.3 Å². The van der Waals surface area contributed by atoms with Gasteiger partial charge in [0.05, 0.1) is 0 Å². The minimum Gasteiger partial charge on any atom is -0.370 e. The highest BCUT2D eigenvalue weighted by atomic mass is 32.1. The Morgan fingerprint density at radius 2 is 2.27 bits per heavy atom. The second-order valence-corrected chi connectivity index (χ2v) is 4.36. The van der Waals surface area contributed by atoms with Crippen LogP contribution in [0.3, 0.4) is 0 Å². The van der Waals surface area contributed by atoms with Gasteiger partial charge in [-0.1, -0.05) is 0 Å². The summed E-state index contributed by atoms with van der Waals surface area (Å²) in [5.74, 6) is 0.991. The van der Waals surface area contributed by atoms with E-state index in [2.05, 4.69) is 21.7 Å². The Morgan fingerprint density at radius 1 is 1.33 bits per heavy atom. The first-order valence-corrected chi connectivity index (χ1v) is 6.06. The summed E-state index contributed by atoms with van der Waals surface area (Å²) < 4.78 is 1.28. The van der Waals surface area contributed by atoms with Crippen LogP contribution in [0.25, 0.3) is 10.1 Å². The van der Waals surface area contributed by atoms with Gasteiger partial charge in [0, 0.05) is 22.8 Å². The van der Waals surface area contributed by atoms with Crippen molar-refractivity contribution >= 4 is 27.2 Å². The predicted molar refractivity (Wildman–Crippen MR) is 66.4 cm³/mol. The quantitative estimate of drug-likeness (QED) is 0.762. The second-order valence-electron chi connectivity index (χ2n) is 3.41. The molecule has 0 fully saturated rings. The maximum absolute atomic E-state index is 5.44. The van der Waals surface area contributed by atoms with Crippen molar-refractivity contribution < 1.29 is 0 Å². The van der Waals surface area contributed by atoms with Gasteiger partial charge in [-0.3, -0.25) is 0 Å². The van der Waals surface area contributed by atoms with Crippen molar-refractivity contribution in [2.24, 2.45) is 5.73 Å². The molecule has 3 N–H and O–H groups in total. The lowest BCUT2D eigenvalue weighted by atomic mass is 10.3. The van der Waals surface area contributed by atoms with Gasteiger partial charge in [-0.15, -0.1) is 11.3 Å². The minimum absolute atomic E-state index is 0.762. The Balaban J connectivity index is 2.04. The van der Waals surface area contributed by atoms with Gasteiger partial charge < -0.3 is 11.1 Å². The first-order valence-electron chi connectivity index (χ1n) is 5.18. The van der Waals surface area contributed by atoms with Crippen molar-refractivity contribution in [1.29, 1.82) is 0 Å². The molecule has 2 rings (SSSR count). The number of anilines is 1. The summed E-state index contributed by atoms with van der Waals surface area (Å²) in [5.41, 5.74) is 5.44. The lowest BCUT2D eigenvalue weighted by molar-refractivity contribution is 0.773. The number of nitrogens with two attached hydrogens (primary N) is 1. The van der Waals surface area contributed by atoms with Crippen molar-refractivity contribution in [2.45, 2.75) is 12.8 Å². The molecule has 3 nitrogen and oxygen atoms in total. The van der Waals surface area contributed by atoms with E-state index in [1.165, 1.54) is 10.1 Å². The van der Waals surface area contributed by atoms with E-state index in [4.69, 9.17) is 5.73 Å². The number of hydrogen-bond donors (Lipinski definition) is 2. The Morgan fingerprint density at radius 3 is 3.13 bits per heavy atom. The van der Waals surface area contributed by atoms with Crippen LogP contribution in [0.2, 0.25) is 0 Å². The number of unbranched alkanes of at least 4 members (excludes halogenated alkanes) is 1. The van der Waals surface area contributed by atoms with Gasteiger partial charge in [-0.2, -0.15) is 0 Å². The Hall–Kier alpha value is -1.13. The first kappa shape index (κ1) is 10.4. The van der Waals surface area contributed by atoms with E-state index in [1.807, 2.05) is 12.3 Å². The molecule has 0 bridgehead atoms. The fourth-order valence-corrected chi connectivity index (χ4v) is 2.29. The molecule has 2 aromatic heterocycles. The van der Waals surface area contributed by atoms with Gasteiger partial charge in [-0.25, -0.2) is 4.98 Å². The van der Waals surface area contributed by atoms with E-state index in [0.717, 1.165) is 31.7 Å². The second kappa shape index (κ2) is 5.09. The number of pyridine rings is 1. The van der Waals surface area contributed by atoms with Gasteiger partial charge in [0.2, 0.25) is 0 Å². The van der Waals surface area contributed by atoms with Crippen molar-refractivity contribution in [1.82, 2.24) is 4.98 Å². The third-order valence-electron chi connectivity index (χ3n) is 2.30. The SMILES string of the molecule is NCCCCNc1nccc2sccc12. The lowest BCUT2D eigenvalue weighted by Gasteiger charge is -2.05. The standard InChI is InChI=1S/C11H15N3S/c12-5-1-2-6-13-11-9-4-8-15-10(9)3-7-14-11/h3-4,7-8H,1-2,5-6,12H2,(H,13,14). The monoisotopic (exact) mass is 221 g/mol. The molecule has 80 valence electrons. The number of nitrogens with zero attached hydrogens (tertiary/aromatic N) is 1. The molecule has 0 saturated heterocycles. The number of hydrogen-bond acceptors (Lipinski definition) is 4. The van der Waals surface area contributed by atoms with Crippen LogP contribution in [0, 0.1) is 0 Å². The zero-order valence-corrected chi connectivity index (χ0v) is 9.39. The predicted octanol–water partition coefficient (Wildman–Crippen LogP) is 2.45. The maximum Gasteiger partial charge on any atom is 0.134 e. The fraction of sp³-hybridized carbons (Fsp3) is 0.364. The van der Waals surface area contributed by atoms with Gasteiger partial charge >= 0.3 is 0 Å². The van der Waals surface area contributed by atoms with Crippen LogP contribution in [0.15, 0.2) is 23.7 Å². The minimum atomic E-state index is 0.762. The average molecular weight is 221 g/mol. The molecule has 0 aliphatic rings. The van der Waals surface area contributed by atoms with Crippen molar-refractivity contribution in [3.63, 3.8) is 0 Å². The Kier molecular flexibility index (Phi) is 3.53. The highest BCUT2D eigenvalue weighted by Crippen LogP contribution is 2.25. The molecule has 0 aromatic carbocycles. The molecular formula is C11H15N3S. The van der Waals surface area contributed by atoms with Gasteiger partial charge in [-0.05, 0) is 36.9 Å².